The molecule has 0 radical (unpaired) electrons. The molecular weight excluding hydrogens is 302 g/mol. The van der Waals surface area contributed by atoms with E-state index in [1.807, 2.05) is 44.3 Å². The lowest BCUT2D eigenvalue weighted by molar-refractivity contribution is -0.130. The van der Waals surface area contributed by atoms with Crippen LogP contribution in [-0.2, 0) is 11.3 Å². The van der Waals surface area contributed by atoms with Gasteiger partial charge in [0.05, 0.1) is 12.2 Å². The van der Waals surface area contributed by atoms with Gasteiger partial charge in [0, 0.05) is 45.1 Å². The number of carbonyl (C=O) groups is 1. The molecule has 6 heteroatoms. The SMILES string of the molecule is CCCN=Cc1ccnc(CNCC(=O)N(CC)CCN(C)C)c1. The van der Waals surface area contributed by atoms with Gasteiger partial charge in [0.15, 0.2) is 0 Å². The summed E-state index contributed by atoms with van der Waals surface area (Å²) in [6.07, 6.45) is 4.70. The molecule has 0 bridgehead atoms. The van der Waals surface area contributed by atoms with E-state index >= 15 is 0 Å². The maximum absolute atomic E-state index is 12.2. The molecule has 0 unspecified atom stereocenters. The van der Waals surface area contributed by atoms with Crippen LogP contribution in [0.1, 0.15) is 31.5 Å². The Labute approximate surface area is 146 Å². The van der Waals surface area contributed by atoms with E-state index in [0.717, 1.165) is 43.9 Å². The summed E-state index contributed by atoms with van der Waals surface area (Å²) in [5.41, 5.74) is 1.96. The molecule has 1 N–H and O–H groups in total. The van der Waals surface area contributed by atoms with Crippen molar-refractivity contribution in [3.63, 3.8) is 0 Å². The molecule has 0 spiro atoms. The molecule has 0 aliphatic heterocycles. The molecule has 134 valence electrons. The van der Waals surface area contributed by atoms with Crippen molar-refractivity contribution in [3.8, 4) is 0 Å². The number of aromatic nitrogens is 1. The molecule has 1 heterocycles. The first kappa shape index (κ1) is 20.3. The summed E-state index contributed by atoms with van der Waals surface area (Å²) in [6, 6.07) is 3.94. The van der Waals surface area contributed by atoms with Gasteiger partial charge in [0.2, 0.25) is 5.91 Å². The Morgan fingerprint density at radius 2 is 2.12 bits per heavy atom. The van der Waals surface area contributed by atoms with Crippen molar-refractivity contribution in [2.45, 2.75) is 26.8 Å². The Balaban J connectivity index is 2.43. The summed E-state index contributed by atoms with van der Waals surface area (Å²) in [5.74, 6) is 0.125. The van der Waals surface area contributed by atoms with Crippen molar-refractivity contribution >= 4 is 12.1 Å². The van der Waals surface area contributed by atoms with Crippen LogP contribution in [0.2, 0.25) is 0 Å². The summed E-state index contributed by atoms with van der Waals surface area (Å²) < 4.78 is 0. The molecule has 0 aliphatic carbocycles. The van der Waals surface area contributed by atoms with Crippen LogP contribution in [0.25, 0.3) is 0 Å². The van der Waals surface area contributed by atoms with Gasteiger partial charge in [0.25, 0.3) is 0 Å². The lowest BCUT2D eigenvalue weighted by atomic mass is 10.2. The summed E-state index contributed by atoms with van der Waals surface area (Å²) in [4.78, 5) is 24.8. The molecule has 0 aliphatic rings. The highest BCUT2D eigenvalue weighted by atomic mass is 16.2. The number of hydrogen-bond donors (Lipinski definition) is 1. The van der Waals surface area contributed by atoms with Gasteiger partial charge in [-0.15, -0.1) is 0 Å². The molecule has 1 rings (SSSR count). The van der Waals surface area contributed by atoms with Crippen LogP contribution < -0.4 is 5.32 Å². The van der Waals surface area contributed by atoms with Gasteiger partial charge in [-0.3, -0.25) is 14.8 Å². The van der Waals surface area contributed by atoms with Gasteiger partial charge in [-0.1, -0.05) is 6.92 Å². The van der Waals surface area contributed by atoms with Gasteiger partial charge >= 0.3 is 0 Å². The minimum atomic E-state index is 0.125. The minimum Gasteiger partial charge on any atom is -0.341 e. The fraction of sp³-hybridized carbons (Fsp3) is 0.611. The number of amides is 1. The quantitative estimate of drug-likeness (QED) is 0.622. The van der Waals surface area contributed by atoms with Gasteiger partial charge in [-0.2, -0.15) is 0 Å². The third kappa shape index (κ3) is 8.17. The molecule has 0 atom stereocenters. The van der Waals surface area contributed by atoms with Gasteiger partial charge in [-0.05, 0) is 45.1 Å². The zero-order valence-electron chi connectivity index (χ0n) is 15.5. The van der Waals surface area contributed by atoms with E-state index in [-0.39, 0.29) is 5.91 Å². The van der Waals surface area contributed by atoms with Crippen LogP contribution >= 0.6 is 0 Å². The highest BCUT2D eigenvalue weighted by Gasteiger charge is 2.11. The summed E-state index contributed by atoms with van der Waals surface area (Å²) >= 11 is 0. The molecule has 1 aromatic heterocycles. The molecule has 0 saturated carbocycles. The first-order valence-electron chi connectivity index (χ1n) is 8.64. The Morgan fingerprint density at radius 3 is 2.79 bits per heavy atom. The largest absolute Gasteiger partial charge is 0.341 e. The van der Waals surface area contributed by atoms with Crippen LogP contribution in [-0.4, -0.2) is 73.7 Å². The molecule has 1 aromatic rings. The van der Waals surface area contributed by atoms with E-state index in [1.54, 1.807) is 6.20 Å². The molecule has 24 heavy (non-hydrogen) atoms. The third-order valence-corrected chi connectivity index (χ3v) is 3.57. The lowest BCUT2D eigenvalue weighted by Gasteiger charge is -2.23. The molecule has 0 fully saturated rings. The predicted molar refractivity (Wildman–Crippen MR) is 99.5 cm³/mol. The van der Waals surface area contributed by atoms with E-state index in [4.69, 9.17) is 0 Å². The highest BCUT2D eigenvalue weighted by molar-refractivity contribution is 5.79. The van der Waals surface area contributed by atoms with Gasteiger partial charge < -0.3 is 15.1 Å². The van der Waals surface area contributed by atoms with E-state index in [2.05, 4.69) is 27.1 Å². The number of rotatable bonds is 11. The number of pyridine rings is 1. The summed E-state index contributed by atoms with van der Waals surface area (Å²) in [6.45, 7) is 8.22. The maximum atomic E-state index is 12.2. The topological polar surface area (TPSA) is 60.8 Å². The van der Waals surface area contributed by atoms with E-state index in [0.29, 0.717) is 13.1 Å². The third-order valence-electron chi connectivity index (χ3n) is 3.57. The second-order valence-electron chi connectivity index (χ2n) is 6.00. The standard InChI is InChI=1S/C18H31N5O/c1-5-8-19-13-16-7-9-21-17(12-16)14-20-15-18(24)23(6-2)11-10-22(3)4/h7,9,12-13,20H,5-6,8,10-11,14-15H2,1-4H3. The average Bonchev–Trinajstić information content (AvgIpc) is 2.56. The van der Waals surface area contributed by atoms with Crippen molar-refractivity contribution in [1.82, 2.24) is 20.1 Å². The Bertz CT molecular complexity index is 516. The molecule has 0 aromatic carbocycles. The zero-order chi connectivity index (χ0) is 17.8. The number of nitrogens with one attached hydrogen (secondary N) is 1. The minimum absolute atomic E-state index is 0.125. The molecule has 1 amide bonds. The second kappa shape index (κ2) is 11.7. The van der Waals surface area contributed by atoms with Crippen molar-refractivity contribution in [2.75, 3.05) is 46.8 Å². The first-order valence-corrected chi connectivity index (χ1v) is 8.64. The average molecular weight is 333 g/mol. The fourth-order valence-electron chi connectivity index (χ4n) is 2.16. The number of hydrogen-bond acceptors (Lipinski definition) is 5. The molecular formula is C18H31N5O. The first-order chi connectivity index (χ1) is 11.6. The summed E-state index contributed by atoms with van der Waals surface area (Å²) in [7, 11) is 4.03. The zero-order valence-corrected chi connectivity index (χ0v) is 15.5. The van der Waals surface area contributed by atoms with Crippen LogP contribution in [0.3, 0.4) is 0 Å². The number of aliphatic imine (C=N–C) groups is 1. The van der Waals surface area contributed by atoms with E-state index in [9.17, 15) is 4.79 Å². The monoisotopic (exact) mass is 333 g/mol. The van der Waals surface area contributed by atoms with Crippen molar-refractivity contribution in [3.05, 3.63) is 29.6 Å². The molecule has 6 nitrogen and oxygen atoms in total. The smallest absolute Gasteiger partial charge is 0.236 e. The lowest BCUT2D eigenvalue weighted by Crippen LogP contribution is -2.41. The van der Waals surface area contributed by atoms with Crippen molar-refractivity contribution < 1.29 is 4.79 Å². The van der Waals surface area contributed by atoms with Crippen LogP contribution in [0, 0.1) is 0 Å². The predicted octanol–water partition coefficient (Wildman–Crippen LogP) is 1.41. The highest BCUT2D eigenvalue weighted by Crippen LogP contribution is 2.00. The normalized spacial score (nSPS) is 11.4. The van der Waals surface area contributed by atoms with E-state index < -0.39 is 0 Å². The Kier molecular flexibility index (Phi) is 9.88. The van der Waals surface area contributed by atoms with Crippen LogP contribution in [0.15, 0.2) is 23.3 Å². The number of nitrogens with zero attached hydrogens (tertiary/aromatic N) is 4. The van der Waals surface area contributed by atoms with Crippen molar-refractivity contribution in [1.29, 1.82) is 0 Å². The number of carbonyl (C=O) groups excluding carboxylic acids is 1. The Hall–Kier alpha value is -1.79. The van der Waals surface area contributed by atoms with Gasteiger partial charge in [-0.25, -0.2) is 0 Å². The number of likely N-dealkylation sites (N-methyl/N-ethyl adjacent to an activating group) is 2. The van der Waals surface area contributed by atoms with E-state index in [1.165, 1.54) is 0 Å². The molecule has 0 saturated heterocycles. The van der Waals surface area contributed by atoms with Crippen LogP contribution in [0.5, 0.6) is 0 Å². The Morgan fingerprint density at radius 1 is 1.33 bits per heavy atom. The van der Waals surface area contributed by atoms with Crippen molar-refractivity contribution in [2.24, 2.45) is 4.99 Å². The summed E-state index contributed by atoms with van der Waals surface area (Å²) in [5, 5.41) is 3.19. The van der Waals surface area contributed by atoms with Gasteiger partial charge in [0.1, 0.15) is 0 Å². The second-order valence-corrected chi connectivity index (χ2v) is 6.00. The van der Waals surface area contributed by atoms with Crippen LogP contribution in [0.4, 0.5) is 0 Å². The maximum Gasteiger partial charge on any atom is 0.236 e. The fourth-order valence-corrected chi connectivity index (χ4v) is 2.16.